The fourth-order valence-corrected chi connectivity index (χ4v) is 4.62. The van der Waals surface area contributed by atoms with E-state index in [1.54, 1.807) is 12.1 Å². The van der Waals surface area contributed by atoms with Gasteiger partial charge in [-0.05, 0) is 32.0 Å². The molecule has 4 nitrogen and oxygen atoms in total. The number of hydrogen-bond donors (Lipinski definition) is 0. The van der Waals surface area contributed by atoms with Gasteiger partial charge in [0.15, 0.2) is 15.7 Å². The largest absolute Gasteiger partial charge is 0.483 e. The molecule has 0 aliphatic carbocycles. The summed E-state index contributed by atoms with van der Waals surface area (Å²) in [7, 11) is -3.90. The number of hydrogen-bond acceptors (Lipinski definition) is 5. The molecule has 21 heavy (non-hydrogen) atoms. The normalized spacial score (nSPS) is 16.3. The van der Waals surface area contributed by atoms with Crippen LogP contribution < -0.4 is 8.92 Å². The van der Waals surface area contributed by atoms with E-state index >= 15 is 0 Å². The highest BCUT2D eigenvalue weighted by molar-refractivity contribution is 7.89. The standard InChI is InChI=1S/C14H13ClO4S2/c1-14(2)8-9-4-3-5-10(13(9)18-14)19-21(16,17)12-7-6-11(15)20-12/h3-7H,8H2,1-2H3. The molecule has 1 aliphatic heterocycles. The Morgan fingerprint density at radius 1 is 1.29 bits per heavy atom. The fourth-order valence-electron chi connectivity index (χ4n) is 2.24. The predicted molar refractivity (Wildman–Crippen MR) is 82.0 cm³/mol. The van der Waals surface area contributed by atoms with Gasteiger partial charge in [-0.2, -0.15) is 8.42 Å². The first-order valence-corrected chi connectivity index (χ1v) is 8.88. The van der Waals surface area contributed by atoms with Crippen LogP contribution in [0.3, 0.4) is 0 Å². The average molecular weight is 345 g/mol. The van der Waals surface area contributed by atoms with Crippen molar-refractivity contribution in [3.63, 3.8) is 0 Å². The molecule has 0 spiro atoms. The van der Waals surface area contributed by atoms with Crippen molar-refractivity contribution < 1.29 is 17.3 Å². The molecule has 2 heterocycles. The van der Waals surface area contributed by atoms with Crippen molar-refractivity contribution in [3.8, 4) is 11.5 Å². The highest BCUT2D eigenvalue weighted by Gasteiger charge is 2.33. The van der Waals surface area contributed by atoms with E-state index in [0.29, 0.717) is 16.5 Å². The van der Waals surface area contributed by atoms with Gasteiger partial charge >= 0.3 is 10.1 Å². The van der Waals surface area contributed by atoms with Gasteiger partial charge in [0.1, 0.15) is 5.60 Å². The quantitative estimate of drug-likeness (QED) is 0.793. The number of halogens is 1. The van der Waals surface area contributed by atoms with Crippen molar-refractivity contribution in [2.75, 3.05) is 0 Å². The van der Waals surface area contributed by atoms with Crippen LogP contribution in [0.15, 0.2) is 34.5 Å². The molecule has 0 atom stereocenters. The van der Waals surface area contributed by atoms with E-state index in [1.165, 1.54) is 12.1 Å². The van der Waals surface area contributed by atoms with E-state index in [9.17, 15) is 8.42 Å². The Kier molecular flexibility index (Phi) is 3.43. The lowest BCUT2D eigenvalue weighted by molar-refractivity contribution is 0.136. The van der Waals surface area contributed by atoms with Crippen molar-refractivity contribution in [3.05, 3.63) is 40.2 Å². The van der Waals surface area contributed by atoms with E-state index in [-0.39, 0.29) is 15.6 Å². The van der Waals surface area contributed by atoms with E-state index in [4.69, 9.17) is 20.5 Å². The van der Waals surface area contributed by atoms with Crippen LogP contribution in [0.4, 0.5) is 0 Å². The molecule has 2 aromatic rings. The zero-order valence-electron chi connectivity index (χ0n) is 11.4. The number of ether oxygens (including phenoxy) is 1. The van der Waals surface area contributed by atoms with E-state index in [1.807, 2.05) is 19.9 Å². The van der Waals surface area contributed by atoms with Crippen molar-refractivity contribution in [1.29, 1.82) is 0 Å². The molecule has 0 amide bonds. The van der Waals surface area contributed by atoms with Gasteiger partial charge in [0, 0.05) is 12.0 Å². The Hall–Kier alpha value is -1.24. The number of benzene rings is 1. The summed E-state index contributed by atoms with van der Waals surface area (Å²) in [6, 6.07) is 8.21. The van der Waals surface area contributed by atoms with Gasteiger partial charge in [0.25, 0.3) is 0 Å². The van der Waals surface area contributed by atoms with Gasteiger partial charge in [-0.1, -0.05) is 23.7 Å². The topological polar surface area (TPSA) is 52.6 Å². The molecule has 0 saturated carbocycles. The van der Waals surface area contributed by atoms with Gasteiger partial charge in [-0.25, -0.2) is 0 Å². The summed E-state index contributed by atoms with van der Waals surface area (Å²) in [5, 5.41) is 0. The predicted octanol–water partition coefficient (Wildman–Crippen LogP) is 3.88. The molecule has 1 aromatic carbocycles. The molecule has 0 fully saturated rings. The van der Waals surface area contributed by atoms with Crippen LogP contribution in [-0.4, -0.2) is 14.0 Å². The minimum atomic E-state index is -3.90. The zero-order valence-corrected chi connectivity index (χ0v) is 13.8. The number of para-hydroxylation sites is 1. The molecule has 7 heteroatoms. The van der Waals surface area contributed by atoms with Crippen LogP contribution in [0, 0.1) is 0 Å². The third kappa shape index (κ3) is 2.88. The summed E-state index contributed by atoms with van der Waals surface area (Å²) in [5.74, 6) is 0.705. The molecule has 0 saturated heterocycles. The molecular weight excluding hydrogens is 332 g/mol. The lowest BCUT2D eigenvalue weighted by Crippen LogP contribution is -2.24. The third-order valence-corrected chi connectivity index (χ3v) is 5.97. The molecule has 0 unspecified atom stereocenters. The highest BCUT2D eigenvalue weighted by atomic mass is 35.5. The van der Waals surface area contributed by atoms with Gasteiger partial charge < -0.3 is 8.92 Å². The summed E-state index contributed by atoms with van der Waals surface area (Å²) in [4.78, 5) is 0. The smallest absolute Gasteiger partial charge is 0.348 e. The Morgan fingerprint density at radius 2 is 2.05 bits per heavy atom. The first-order chi connectivity index (χ1) is 9.77. The molecule has 3 rings (SSSR count). The van der Waals surface area contributed by atoms with Gasteiger partial charge in [0.05, 0.1) is 4.34 Å². The number of rotatable bonds is 3. The lowest BCUT2D eigenvalue weighted by Gasteiger charge is -2.18. The van der Waals surface area contributed by atoms with Gasteiger partial charge in [0.2, 0.25) is 0 Å². The van der Waals surface area contributed by atoms with E-state index in [2.05, 4.69) is 0 Å². The zero-order chi connectivity index (χ0) is 15.3. The third-order valence-electron chi connectivity index (χ3n) is 3.05. The van der Waals surface area contributed by atoms with Gasteiger partial charge in [-0.3, -0.25) is 0 Å². The fraction of sp³-hybridized carbons (Fsp3) is 0.286. The maximum Gasteiger partial charge on any atom is 0.348 e. The monoisotopic (exact) mass is 344 g/mol. The Bertz CT molecular complexity index is 793. The summed E-state index contributed by atoms with van der Waals surface area (Å²) in [6.07, 6.45) is 0.713. The number of thiophene rings is 1. The molecule has 0 radical (unpaired) electrons. The Labute approximate surface area is 132 Å². The summed E-state index contributed by atoms with van der Waals surface area (Å²) >= 11 is 6.73. The van der Waals surface area contributed by atoms with E-state index in [0.717, 1.165) is 16.9 Å². The van der Waals surface area contributed by atoms with E-state index < -0.39 is 10.1 Å². The van der Waals surface area contributed by atoms with Crippen molar-refractivity contribution in [1.82, 2.24) is 0 Å². The average Bonchev–Trinajstić information content (AvgIpc) is 2.92. The molecule has 1 aliphatic rings. The Morgan fingerprint density at radius 3 is 2.71 bits per heavy atom. The van der Waals surface area contributed by atoms with Crippen LogP contribution in [0.5, 0.6) is 11.5 Å². The minimum absolute atomic E-state index is 0.0716. The molecule has 0 bridgehead atoms. The summed E-state index contributed by atoms with van der Waals surface area (Å²) < 4.78 is 36.0. The van der Waals surface area contributed by atoms with Crippen LogP contribution in [0.1, 0.15) is 19.4 Å². The second-order valence-corrected chi connectivity index (χ2v) is 8.87. The molecular formula is C14H13ClO4S2. The summed E-state index contributed by atoms with van der Waals surface area (Å²) in [5.41, 5.74) is 0.578. The minimum Gasteiger partial charge on any atom is -0.483 e. The Balaban J connectivity index is 1.96. The number of fused-ring (bicyclic) bond motifs is 1. The van der Waals surface area contributed by atoms with Crippen LogP contribution >= 0.6 is 22.9 Å². The van der Waals surface area contributed by atoms with Crippen molar-refractivity contribution >= 4 is 33.1 Å². The second kappa shape index (κ2) is 4.90. The van der Waals surface area contributed by atoms with Crippen LogP contribution in [0.2, 0.25) is 4.34 Å². The van der Waals surface area contributed by atoms with Crippen LogP contribution in [-0.2, 0) is 16.5 Å². The molecule has 1 aromatic heterocycles. The van der Waals surface area contributed by atoms with Gasteiger partial charge in [-0.15, -0.1) is 11.3 Å². The maximum absolute atomic E-state index is 12.3. The van der Waals surface area contributed by atoms with Crippen molar-refractivity contribution in [2.24, 2.45) is 0 Å². The first kappa shape index (κ1) is 14.7. The lowest BCUT2D eigenvalue weighted by atomic mass is 10.0. The van der Waals surface area contributed by atoms with Crippen molar-refractivity contribution in [2.45, 2.75) is 30.1 Å². The molecule has 0 N–H and O–H groups in total. The molecule has 112 valence electrons. The SMILES string of the molecule is CC1(C)Cc2cccc(OS(=O)(=O)c3ccc(Cl)s3)c2O1. The second-order valence-electron chi connectivity index (χ2n) is 5.38. The van der Waals surface area contributed by atoms with Crippen LogP contribution in [0.25, 0.3) is 0 Å². The first-order valence-electron chi connectivity index (χ1n) is 6.28. The highest BCUT2D eigenvalue weighted by Crippen LogP contribution is 2.43. The summed E-state index contributed by atoms with van der Waals surface area (Å²) in [6.45, 7) is 3.90. The maximum atomic E-state index is 12.3.